The fourth-order valence-electron chi connectivity index (χ4n) is 2.00. The van der Waals surface area contributed by atoms with Gasteiger partial charge in [-0.3, -0.25) is 14.4 Å². The maximum absolute atomic E-state index is 13.1. The summed E-state index contributed by atoms with van der Waals surface area (Å²) in [6.07, 6.45) is 0.911. The van der Waals surface area contributed by atoms with Gasteiger partial charge >= 0.3 is 0 Å². The third kappa shape index (κ3) is 4.51. The van der Waals surface area contributed by atoms with Crippen molar-refractivity contribution in [3.8, 4) is 5.75 Å². The van der Waals surface area contributed by atoms with Crippen molar-refractivity contribution in [1.29, 1.82) is 0 Å². The van der Waals surface area contributed by atoms with Crippen LogP contribution in [0.1, 0.15) is 25.6 Å². The molecule has 2 aromatic rings. The van der Waals surface area contributed by atoms with Crippen LogP contribution in [0.15, 0.2) is 52.1 Å². The number of benzene rings is 1. The van der Waals surface area contributed by atoms with E-state index < -0.39 is 6.10 Å². The second-order valence-electron chi connectivity index (χ2n) is 5.32. The molecule has 0 amide bonds. The van der Waals surface area contributed by atoms with Crippen molar-refractivity contribution < 1.29 is 13.9 Å². The van der Waals surface area contributed by atoms with Crippen molar-refractivity contribution in [2.45, 2.75) is 32.9 Å². The highest BCUT2D eigenvalue weighted by molar-refractivity contribution is 9.10. The van der Waals surface area contributed by atoms with Crippen LogP contribution in [0.3, 0.4) is 0 Å². The average molecular weight is 381 g/mol. The van der Waals surface area contributed by atoms with Gasteiger partial charge in [0, 0.05) is 12.2 Å². The van der Waals surface area contributed by atoms with E-state index in [1.165, 1.54) is 22.8 Å². The number of carbonyl (C=O) groups excluding carboxylic acids is 1. The van der Waals surface area contributed by atoms with Gasteiger partial charge in [0.1, 0.15) is 17.1 Å². The van der Waals surface area contributed by atoms with Crippen LogP contribution in [-0.4, -0.2) is 22.6 Å². The molecule has 23 heavy (non-hydrogen) atoms. The van der Waals surface area contributed by atoms with Crippen molar-refractivity contribution in [1.82, 2.24) is 4.57 Å². The number of ether oxygens (including phenoxy) is 1. The molecule has 1 atom stereocenters. The highest BCUT2D eigenvalue weighted by Crippen LogP contribution is 2.26. The zero-order valence-electron chi connectivity index (χ0n) is 13.2. The first-order chi connectivity index (χ1) is 10.9. The Morgan fingerprint density at radius 3 is 2.65 bits per heavy atom. The van der Waals surface area contributed by atoms with Gasteiger partial charge in [0.05, 0.1) is 4.47 Å². The Balaban J connectivity index is 2.27. The Hall–Kier alpha value is -1.95. The molecule has 0 radical (unpaired) electrons. The first-order valence-electron chi connectivity index (χ1n) is 7.26. The Kier molecular flexibility index (Phi) is 5.71. The van der Waals surface area contributed by atoms with E-state index in [0.29, 0.717) is 15.7 Å². The monoisotopic (exact) mass is 380 g/mol. The van der Waals surface area contributed by atoms with E-state index in [4.69, 9.17) is 4.74 Å². The van der Waals surface area contributed by atoms with E-state index in [2.05, 4.69) is 20.9 Å². The van der Waals surface area contributed by atoms with Gasteiger partial charge in [-0.1, -0.05) is 6.07 Å². The summed E-state index contributed by atoms with van der Waals surface area (Å²) in [6.45, 7) is 5.53. The second kappa shape index (κ2) is 7.55. The smallest absolute Gasteiger partial charge is 0.272 e. The van der Waals surface area contributed by atoms with Gasteiger partial charge < -0.3 is 4.74 Å². The third-order valence-corrected chi connectivity index (χ3v) is 3.63. The summed E-state index contributed by atoms with van der Waals surface area (Å²) < 4.78 is 20.7. The van der Waals surface area contributed by atoms with E-state index in [0.717, 1.165) is 0 Å². The summed E-state index contributed by atoms with van der Waals surface area (Å²) in [4.78, 5) is 17.0. The summed E-state index contributed by atoms with van der Waals surface area (Å²) >= 11 is 3.23. The van der Waals surface area contributed by atoms with E-state index in [1.807, 2.05) is 19.9 Å². The zero-order chi connectivity index (χ0) is 17.0. The molecular weight excluding hydrogens is 363 g/mol. The van der Waals surface area contributed by atoms with Crippen molar-refractivity contribution in [3.05, 3.63) is 58.4 Å². The van der Waals surface area contributed by atoms with Crippen molar-refractivity contribution in [2.24, 2.45) is 4.99 Å². The van der Waals surface area contributed by atoms with Crippen LogP contribution < -0.4 is 10.2 Å². The lowest BCUT2D eigenvalue weighted by Crippen LogP contribution is -2.36. The summed E-state index contributed by atoms with van der Waals surface area (Å²) in [5.41, 5.74) is 0.570. The summed E-state index contributed by atoms with van der Waals surface area (Å²) in [7, 11) is 0. The lowest BCUT2D eigenvalue weighted by molar-refractivity contribution is 0.0720. The predicted molar refractivity (Wildman–Crippen MR) is 89.9 cm³/mol. The lowest BCUT2D eigenvalue weighted by atomic mass is 10.3. The molecule has 4 nitrogen and oxygen atoms in total. The van der Waals surface area contributed by atoms with Gasteiger partial charge in [-0.2, -0.15) is 0 Å². The van der Waals surface area contributed by atoms with Crippen LogP contribution in [0.25, 0.3) is 0 Å². The minimum Gasteiger partial charge on any atom is -0.480 e. The molecule has 0 saturated carbocycles. The quantitative estimate of drug-likeness (QED) is 0.809. The summed E-state index contributed by atoms with van der Waals surface area (Å²) in [6, 6.07) is 9.49. The lowest BCUT2D eigenvalue weighted by Gasteiger charge is -2.16. The van der Waals surface area contributed by atoms with Crippen LogP contribution in [0.2, 0.25) is 0 Å². The minimum atomic E-state index is -0.745. The SMILES string of the molecule is CC(C)N=c1ccccn1C(=O)C(C)Oc1ccc(F)cc1Br. The van der Waals surface area contributed by atoms with Gasteiger partial charge in [0.15, 0.2) is 6.10 Å². The van der Waals surface area contributed by atoms with E-state index >= 15 is 0 Å². The molecule has 0 fully saturated rings. The number of aromatic nitrogens is 1. The Morgan fingerprint density at radius 1 is 1.26 bits per heavy atom. The molecule has 0 saturated heterocycles. The Bertz CT molecular complexity index is 771. The highest BCUT2D eigenvalue weighted by atomic mass is 79.9. The molecule has 1 heterocycles. The number of carbonyl (C=O) groups is 1. The number of hydrogen-bond acceptors (Lipinski definition) is 3. The van der Waals surface area contributed by atoms with Gasteiger partial charge in [-0.05, 0) is 67.0 Å². The molecule has 122 valence electrons. The predicted octanol–water partition coefficient (Wildman–Crippen LogP) is 3.81. The molecular formula is C17H18BrFN2O2. The first-order valence-corrected chi connectivity index (χ1v) is 8.05. The molecule has 1 aromatic heterocycles. The minimum absolute atomic E-state index is 0.0684. The number of pyridine rings is 1. The Morgan fingerprint density at radius 2 is 2.00 bits per heavy atom. The van der Waals surface area contributed by atoms with Crippen LogP contribution >= 0.6 is 15.9 Å². The molecule has 0 aliphatic carbocycles. The molecule has 0 spiro atoms. The van der Waals surface area contributed by atoms with Crippen LogP contribution in [0.4, 0.5) is 4.39 Å². The fourth-order valence-corrected chi connectivity index (χ4v) is 2.44. The molecule has 0 N–H and O–H groups in total. The third-order valence-electron chi connectivity index (χ3n) is 3.01. The molecule has 0 bridgehead atoms. The number of halogens is 2. The second-order valence-corrected chi connectivity index (χ2v) is 6.18. The van der Waals surface area contributed by atoms with Crippen molar-refractivity contribution in [2.75, 3.05) is 0 Å². The molecule has 2 rings (SSSR count). The van der Waals surface area contributed by atoms with Crippen LogP contribution in [0, 0.1) is 5.82 Å². The van der Waals surface area contributed by atoms with Gasteiger partial charge in [-0.15, -0.1) is 0 Å². The molecule has 6 heteroatoms. The first kappa shape index (κ1) is 17.4. The number of nitrogens with zero attached hydrogens (tertiary/aromatic N) is 2. The topological polar surface area (TPSA) is 43.6 Å². The summed E-state index contributed by atoms with van der Waals surface area (Å²) in [5.74, 6) is -0.217. The maximum atomic E-state index is 13.1. The normalized spacial score (nSPS) is 13.2. The van der Waals surface area contributed by atoms with Crippen molar-refractivity contribution in [3.63, 3.8) is 0 Å². The van der Waals surface area contributed by atoms with Gasteiger partial charge in [0.2, 0.25) is 0 Å². The highest BCUT2D eigenvalue weighted by Gasteiger charge is 2.18. The Labute approximate surface area is 142 Å². The van der Waals surface area contributed by atoms with Crippen LogP contribution in [-0.2, 0) is 0 Å². The van der Waals surface area contributed by atoms with E-state index in [-0.39, 0.29) is 17.8 Å². The average Bonchev–Trinajstić information content (AvgIpc) is 2.49. The van der Waals surface area contributed by atoms with Crippen LogP contribution in [0.5, 0.6) is 5.75 Å². The zero-order valence-corrected chi connectivity index (χ0v) is 14.7. The summed E-state index contributed by atoms with van der Waals surface area (Å²) in [5, 5.41) is 0. The van der Waals surface area contributed by atoms with Crippen molar-refractivity contribution >= 4 is 21.8 Å². The number of hydrogen-bond donors (Lipinski definition) is 0. The van der Waals surface area contributed by atoms with E-state index in [1.54, 1.807) is 25.3 Å². The molecule has 0 aliphatic rings. The molecule has 1 unspecified atom stereocenters. The van der Waals surface area contributed by atoms with Gasteiger partial charge in [-0.25, -0.2) is 4.39 Å². The fraction of sp³-hybridized carbons (Fsp3) is 0.294. The molecule has 0 aliphatic heterocycles. The van der Waals surface area contributed by atoms with E-state index in [9.17, 15) is 9.18 Å². The largest absolute Gasteiger partial charge is 0.480 e. The number of rotatable bonds is 4. The molecule has 1 aromatic carbocycles. The maximum Gasteiger partial charge on any atom is 0.272 e. The standard InChI is InChI=1S/C17H18BrFN2O2/c1-11(2)20-16-6-4-5-9-21(16)17(22)12(3)23-15-8-7-13(19)10-14(15)18/h4-12H,1-3H3. The van der Waals surface area contributed by atoms with Gasteiger partial charge in [0.25, 0.3) is 5.91 Å².